The first kappa shape index (κ1) is 14.4. The Bertz CT molecular complexity index is 518. The summed E-state index contributed by atoms with van der Waals surface area (Å²) in [4.78, 5) is 13.8. The Morgan fingerprint density at radius 1 is 1.29 bits per heavy atom. The highest BCUT2D eigenvalue weighted by Crippen LogP contribution is 2.34. The molecule has 1 aliphatic carbocycles. The van der Waals surface area contributed by atoms with Gasteiger partial charge in [0.1, 0.15) is 0 Å². The maximum Gasteiger partial charge on any atom is 0.336 e. The molecule has 1 fully saturated rings. The number of nitrogens with zero attached hydrogens (tertiary/aromatic N) is 1. The third-order valence-corrected chi connectivity index (χ3v) is 5.19. The van der Waals surface area contributed by atoms with E-state index in [2.05, 4.69) is 17.9 Å². The summed E-state index contributed by atoms with van der Waals surface area (Å²) >= 11 is 0. The molecule has 0 amide bonds. The molecule has 1 N–H and O–H groups in total. The van der Waals surface area contributed by atoms with E-state index in [-0.39, 0.29) is 0 Å². The number of carboxylic acid groups (broad SMARTS) is 1. The minimum Gasteiger partial charge on any atom is -0.478 e. The summed E-state index contributed by atoms with van der Waals surface area (Å²) in [6, 6.07) is 5.74. The van der Waals surface area contributed by atoms with E-state index in [1.54, 1.807) is 6.07 Å². The first-order valence-electron chi connectivity index (χ1n) is 8.25. The van der Waals surface area contributed by atoms with Crippen LogP contribution in [0.2, 0.25) is 0 Å². The van der Waals surface area contributed by atoms with Crippen LogP contribution in [-0.4, -0.2) is 24.2 Å². The number of carboxylic acids is 1. The van der Waals surface area contributed by atoms with Crippen molar-refractivity contribution in [1.82, 2.24) is 0 Å². The molecule has 21 heavy (non-hydrogen) atoms. The summed E-state index contributed by atoms with van der Waals surface area (Å²) in [6.07, 6.45) is 7.31. The Morgan fingerprint density at radius 3 is 2.76 bits per heavy atom. The molecular weight excluding hydrogens is 262 g/mol. The number of carbonyl (C=O) groups is 1. The molecule has 0 aromatic heterocycles. The second-order valence-electron chi connectivity index (χ2n) is 6.78. The predicted molar refractivity (Wildman–Crippen MR) is 85.1 cm³/mol. The zero-order valence-electron chi connectivity index (χ0n) is 12.8. The number of benzene rings is 1. The Labute approximate surface area is 127 Å². The molecule has 3 nitrogen and oxygen atoms in total. The van der Waals surface area contributed by atoms with E-state index in [9.17, 15) is 9.90 Å². The Hall–Kier alpha value is -1.51. The number of aromatic carboxylic acids is 1. The Kier molecular flexibility index (Phi) is 4.18. The van der Waals surface area contributed by atoms with Crippen molar-refractivity contribution in [2.45, 2.75) is 45.4 Å². The van der Waals surface area contributed by atoms with E-state index in [0.29, 0.717) is 5.56 Å². The number of rotatable bonds is 3. The number of hydrogen-bond donors (Lipinski definition) is 1. The summed E-state index contributed by atoms with van der Waals surface area (Å²) in [5.41, 5.74) is 2.70. The fourth-order valence-electron chi connectivity index (χ4n) is 3.91. The van der Waals surface area contributed by atoms with Crippen molar-refractivity contribution in [3.63, 3.8) is 0 Å². The highest BCUT2D eigenvalue weighted by Gasteiger charge is 2.25. The van der Waals surface area contributed by atoms with Crippen LogP contribution >= 0.6 is 0 Å². The zero-order chi connectivity index (χ0) is 14.8. The molecule has 0 spiro atoms. The lowest BCUT2D eigenvalue weighted by molar-refractivity contribution is 0.0695. The molecule has 3 heteroatoms. The van der Waals surface area contributed by atoms with Gasteiger partial charge in [-0.15, -0.1) is 0 Å². The first-order chi connectivity index (χ1) is 10.1. The second-order valence-corrected chi connectivity index (χ2v) is 6.78. The van der Waals surface area contributed by atoms with Gasteiger partial charge >= 0.3 is 5.97 Å². The lowest BCUT2D eigenvalue weighted by Gasteiger charge is -2.36. The molecule has 0 atom stereocenters. The highest BCUT2D eigenvalue weighted by atomic mass is 16.4. The summed E-state index contributed by atoms with van der Waals surface area (Å²) in [6.45, 7) is 4.52. The van der Waals surface area contributed by atoms with E-state index >= 15 is 0 Å². The molecule has 0 bridgehead atoms. The standard InChI is InChI=1S/C18H25NO2/c1-13-7-9-14(10-8-13)12-19-11-3-5-15-16(18(20)21)4-2-6-17(15)19/h2,4,6,13-14H,3,5,7-12H2,1H3,(H,20,21). The molecule has 1 aliphatic heterocycles. The molecule has 114 valence electrons. The first-order valence-corrected chi connectivity index (χ1v) is 8.25. The maximum absolute atomic E-state index is 11.4. The fraction of sp³-hybridized carbons (Fsp3) is 0.611. The average molecular weight is 287 g/mol. The van der Waals surface area contributed by atoms with Crippen molar-refractivity contribution in [3.8, 4) is 0 Å². The van der Waals surface area contributed by atoms with Gasteiger partial charge in [0.25, 0.3) is 0 Å². The summed E-state index contributed by atoms with van der Waals surface area (Å²) in [5, 5.41) is 9.36. The SMILES string of the molecule is CC1CCC(CN2CCCc3c(C(=O)O)cccc32)CC1. The van der Waals surface area contributed by atoms with Gasteiger partial charge in [-0.1, -0.05) is 25.8 Å². The molecule has 1 saturated carbocycles. The van der Waals surface area contributed by atoms with Crippen LogP contribution in [0.4, 0.5) is 5.69 Å². The van der Waals surface area contributed by atoms with E-state index in [1.807, 2.05) is 6.07 Å². The van der Waals surface area contributed by atoms with Crippen molar-refractivity contribution < 1.29 is 9.90 Å². The van der Waals surface area contributed by atoms with Gasteiger partial charge in [0.2, 0.25) is 0 Å². The van der Waals surface area contributed by atoms with Crippen molar-refractivity contribution in [2.75, 3.05) is 18.0 Å². The molecule has 0 radical (unpaired) electrons. The second kappa shape index (κ2) is 6.08. The molecule has 1 aromatic rings. The summed E-state index contributed by atoms with van der Waals surface area (Å²) < 4.78 is 0. The molecule has 1 aromatic carbocycles. The van der Waals surface area contributed by atoms with Gasteiger partial charge in [-0.2, -0.15) is 0 Å². The highest BCUT2D eigenvalue weighted by molar-refractivity contribution is 5.91. The average Bonchev–Trinajstić information content (AvgIpc) is 2.49. The number of hydrogen-bond acceptors (Lipinski definition) is 2. The van der Waals surface area contributed by atoms with Gasteiger partial charge in [0, 0.05) is 18.8 Å². The van der Waals surface area contributed by atoms with E-state index in [4.69, 9.17) is 0 Å². The lowest BCUT2D eigenvalue weighted by atomic mass is 9.82. The van der Waals surface area contributed by atoms with Gasteiger partial charge in [-0.25, -0.2) is 4.79 Å². The number of anilines is 1. The van der Waals surface area contributed by atoms with Crippen LogP contribution in [-0.2, 0) is 6.42 Å². The van der Waals surface area contributed by atoms with Crippen LogP contribution in [0.3, 0.4) is 0 Å². The Balaban J connectivity index is 1.78. The molecular formula is C18H25NO2. The van der Waals surface area contributed by atoms with Gasteiger partial charge < -0.3 is 10.0 Å². The van der Waals surface area contributed by atoms with E-state index in [0.717, 1.165) is 43.3 Å². The zero-order valence-corrected chi connectivity index (χ0v) is 12.8. The normalized spacial score (nSPS) is 25.5. The topological polar surface area (TPSA) is 40.5 Å². The van der Waals surface area contributed by atoms with Crippen molar-refractivity contribution >= 4 is 11.7 Å². The summed E-state index contributed by atoms with van der Waals surface area (Å²) in [7, 11) is 0. The van der Waals surface area contributed by atoms with Crippen LogP contribution in [0.15, 0.2) is 18.2 Å². The van der Waals surface area contributed by atoms with Crippen molar-refractivity contribution in [3.05, 3.63) is 29.3 Å². The van der Waals surface area contributed by atoms with Gasteiger partial charge in [-0.05, 0) is 55.2 Å². The minimum atomic E-state index is -0.791. The van der Waals surface area contributed by atoms with Crippen LogP contribution < -0.4 is 4.90 Å². The van der Waals surface area contributed by atoms with Gasteiger partial charge in [0.05, 0.1) is 5.56 Å². The minimum absolute atomic E-state index is 0.495. The third-order valence-electron chi connectivity index (χ3n) is 5.19. The van der Waals surface area contributed by atoms with Gasteiger partial charge in [0.15, 0.2) is 0 Å². The van der Waals surface area contributed by atoms with Crippen LogP contribution in [0.1, 0.15) is 54.9 Å². The quantitative estimate of drug-likeness (QED) is 0.914. The van der Waals surface area contributed by atoms with E-state index < -0.39 is 5.97 Å². The Morgan fingerprint density at radius 2 is 2.05 bits per heavy atom. The fourth-order valence-corrected chi connectivity index (χ4v) is 3.91. The third kappa shape index (κ3) is 3.07. The largest absolute Gasteiger partial charge is 0.478 e. The van der Waals surface area contributed by atoms with E-state index in [1.165, 1.54) is 31.4 Å². The molecule has 1 heterocycles. The summed E-state index contributed by atoms with van der Waals surface area (Å²) in [5.74, 6) is 0.870. The monoisotopic (exact) mass is 287 g/mol. The predicted octanol–water partition coefficient (Wildman–Crippen LogP) is 3.96. The molecule has 0 saturated heterocycles. The van der Waals surface area contributed by atoms with Crippen molar-refractivity contribution in [2.24, 2.45) is 11.8 Å². The number of fused-ring (bicyclic) bond motifs is 1. The van der Waals surface area contributed by atoms with Crippen molar-refractivity contribution in [1.29, 1.82) is 0 Å². The van der Waals surface area contributed by atoms with Gasteiger partial charge in [-0.3, -0.25) is 0 Å². The molecule has 0 unspecified atom stereocenters. The maximum atomic E-state index is 11.4. The smallest absolute Gasteiger partial charge is 0.336 e. The molecule has 2 aliphatic rings. The lowest BCUT2D eigenvalue weighted by Crippen LogP contribution is -2.35. The van der Waals surface area contributed by atoms with Crippen LogP contribution in [0.25, 0.3) is 0 Å². The molecule has 3 rings (SSSR count). The van der Waals surface area contributed by atoms with Crippen LogP contribution in [0.5, 0.6) is 0 Å². The van der Waals surface area contributed by atoms with Crippen LogP contribution in [0, 0.1) is 11.8 Å².